The van der Waals surface area contributed by atoms with Gasteiger partial charge < -0.3 is 10.1 Å². The van der Waals surface area contributed by atoms with Gasteiger partial charge in [0, 0.05) is 16.5 Å². The minimum atomic E-state index is -0.195. The number of nitrogens with one attached hydrogen (secondary N) is 1. The normalized spacial score (nSPS) is 10.5. The van der Waals surface area contributed by atoms with Gasteiger partial charge in [-0.3, -0.25) is 9.78 Å². The van der Waals surface area contributed by atoms with Gasteiger partial charge in [0.15, 0.2) is 6.61 Å². The fourth-order valence-electron chi connectivity index (χ4n) is 2.27. The number of hydrogen-bond donors (Lipinski definition) is 1. The van der Waals surface area contributed by atoms with Crippen LogP contribution >= 0.6 is 11.8 Å². The average molecular weight is 324 g/mol. The number of para-hydroxylation sites is 2. The van der Waals surface area contributed by atoms with Gasteiger partial charge in [0.1, 0.15) is 11.3 Å². The molecular formula is C18H16N2O2S. The fraction of sp³-hybridized carbons (Fsp3) is 0.111. The van der Waals surface area contributed by atoms with Crippen molar-refractivity contribution in [2.24, 2.45) is 0 Å². The third-order valence-corrected chi connectivity index (χ3v) is 4.13. The van der Waals surface area contributed by atoms with E-state index in [1.807, 2.05) is 60.9 Å². The lowest BCUT2D eigenvalue weighted by Gasteiger charge is -2.11. The van der Waals surface area contributed by atoms with Gasteiger partial charge in [-0.1, -0.05) is 30.3 Å². The zero-order valence-corrected chi connectivity index (χ0v) is 13.5. The molecule has 0 saturated heterocycles. The number of fused-ring (bicyclic) bond motifs is 1. The predicted octanol–water partition coefficient (Wildman–Crippen LogP) is 3.97. The molecule has 116 valence electrons. The van der Waals surface area contributed by atoms with Gasteiger partial charge in [0.2, 0.25) is 0 Å². The first-order valence-corrected chi connectivity index (χ1v) is 8.40. The Morgan fingerprint density at radius 1 is 1.13 bits per heavy atom. The van der Waals surface area contributed by atoms with Crippen molar-refractivity contribution in [3.63, 3.8) is 0 Å². The second-order valence-electron chi connectivity index (χ2n) is 4.87. The summed E-state index contributed by atoms with van der Waals surface area (Å²) in [6.07, 6.45) is 3.69. The summed E-state index contributed by atoms with van der Waals surface area (Å²) < 4.78 is 5.65. The minimum absolute atomic E-state index is 0.0571. The molecule has 23 heavy (non-hydrogen) atoms. The summed E-state index contributed by atoms with van der Waals surface area (Å²) in [6, 6.07) is 17.2. The summed E-state index contributed by atoms with van der Waals surface area (Å²) in [5, 5.41) is 3.86. The first-order valence-electron chi connectivity index (χ1n) is 7.17. The van der Waals surface area contributed by atoms with Gasteiger partial charge in [0.05, 0.1) is 5.69 Å². The molecule has 0 radical (unpaired) electrons. The largest absolute Gasteiger partial charge is 0.481 e. The molecule has 0 atom stereocenters. The molecule has 1 aromatic heterocycles. The van der Waals surface area contributed by atoms with E-state index in [4.69, 9.17) is 4.74 Å². The molecule has 0 unspecified atom stereocenters. The van der Waals surface area contributed by atoms with Crippen LogP contribution in [-0.4, -0.2) is 23.8 Å². The maximum atomic E-state index is 12.1. The van der Waals surface area contributed by atoms with Crippen molar-refractivity contribution in [2.75, 3.05) is 18.2 Å². The summed E-state index contributed by atoms with van der Waals surface area (Å²) in [5.41, 5.74) is 1.55. The standard InChI is InChI=1S/C18H16N2O2S/c1-23-16-10-3-2-8-14(16)20-17(21)12-22-15-9-4-6-13-7-5-11-19-18(13)15/h2-11H,12H2,1H3,(H,20,21). The summed E-state index contributed by atoms with van der Waals surface area (Å²) in [5.74, 6) is 0.413. The van der Waals surface area contributed by atoms with Gasteiger partial charge in [-0.05, 0) is 30.5 Å². The Labute approximate surface area is 138 Å². The van der Waals surface area contributed by atoms with Crippen LogP contribution in [0.15, 0.2) is 65.7 Å². The molecule has 1 N–H and O–H groups in total. The van der Waals surface area contributed by atoms with E-state index in [0.29, 0.717) is 5.75 Å². The molecule has 0 aliphatic heterocycles. The Hall–Kier alpha value is -2.53. The summed E-state index contributed by atoms with van der Waals surface area (Å²) in [4.78, 5) is 17.5. The Morgan fingerprint density at radius 2 is 1.96 bits per heavy atom. The number of thioether (sulfide) groups is 1. The molecule has 0 aliphatic rings. The molecule has 0 spiro atoms. The van der Waals surface area contributed by atoms with Crippen LogP contribution in [0.2, 0.25) is 0 Å². The summed E-state index contributed by atoms with van der Waals surface area (Å²) >= 11 is 1.59. The van der Waals surface area contributed by atoms with Crippen molar-refractivity contribution in [1.29, 1.82) is 0 Å². The van der Waals surface area contributed by atoms with Crippen molar-refractivity contribution in [2.45, 2.75) is 4.90 Å². The quantitative estimate of drug-likeness (QED) is 0.721. The zero-order chi connectivity index (χ0) is 16.1. The molecule has 0 saturated carbocycles. The lowest BCUT2D eigenvalue weighted by molar-refractivity contribution is -0.118. The monoisotopic (exact) mass is 324 g/mol. The van der Waals surface area contributed by atoms with Crippen LogP contribution in [0.1, 0.15) is 0 Å². The van der Waals surface area contributed by atoms with Gasteiger partial charge >= 0.3 is 0 Å². The summed E-state index contributed by atoms with van der Waals surface area (Å²) in [7, 11) is 0. The molecule has 1 amide bonds. The van der Waals surface area contributed by atoms with Crippen LogP contribution in [0.25, 0.3) is 10.9 Å². The molecule has 5 heteroatoms. The van der Waals surface area contributed by atoms with Crippen LogP contribution in [-0.2, 0) is 4.79 Å². The van der Waals surface area contributed by atoms with Crippen molar-refractivity contribution in [3.8, 4) is 5.75 Å². The first-order chi connectivity index (χ1) is 11.3. The number of amides is 1. The second kappa shape index (κ2) is 7.15. The predicted molar refractivity (Wildman–Crippen MR) is 94.1 cm³/mol. The van der Waals surface area contributed by atoms with E-state index in [0.717, 1.165) is 21.5 Å². The molecule has 0 bridgehead atoms. The highest BCUT2D eigenvalue weighted by Gasteiger charge is 2.08. The first kappa shape index (κ1) is 15.4. The Kier molecular flexibility index (Phi) is 4.78. The number of nitrogens with zero attached hydrogens (tertiary/aromatic N) is 1. The molecule has 4 nitrogen and oxygen atoms in total. The maximum Gasteiger partial charge on any atom is 0.262 e. The van der Waals surface area contributed by atoms with Crippen LogP contribution in [0.3, 0.4) is 0 Å². The number of carbonyl (C=O) groups excluding carboxylic acids is 1. The smallest absolute Gasteiger partial charge is 0.262 e. The molecule has 3 rings (SSSR count). The van der Waals surface area contributed by atoms with Crippen molar-refractivity contribution in [1.82, 2.24) is 4.98 Å². The molecular weight excluding hydrogens is 308 g/mol. The second-order valence-corrected chi connectivity index (χ2v) is 5.72. The number of aromatic nitrogens is 1. The molecule has 2 aromatic carbocycles. The summed E-state index contributed by atoms with van der Waals surface area (Å²) in [6.45, 7) is -0.0571. The number of pyridine rings is 1. The van der Waals surface area contributed by atoms with Gasteiger partial charge in [0.25, 0.3) is 5.91 Å². The van der Waals surface area contributed by atoms with Gasteiger partial charge in [-0.15, -0.1) is 11.8 Å². The van der Waals surface area contributed by atoms with Crippen molar-refractivity contribution >= 4 is 34.3 Å². The lowest BCUT2D eigenvalue weighted by Crippen LogP contribution is -2.20. The average Bonchev–Trinajstić information content (AvgIpc) is 2.60. The highest BCUT2D eigenvalue weighted by atomic mass is 32.2. The van der Waals surface area contributed by atoms with Crippen molar-refractivity contribution < 1.29 is 9.53 Å². The van der Waals surface area contributed by atoms with Crippen LogP contribution in [0, 0.1) is 0 Å². The number of hydrogen-bond acceptors (Lipinski definition) is 4. The van der Waals surface area contributed by atoms with E-state index in [1.54, 1.807) is 18.0 Å². The molecule has 1 heterocycles. The third-order valence-electron chi connectivity index (χ3n) is 3.34. The van der Waals surface area contributed by atoms with Crippen molar-refractivity contribution in [3.05, 3.63) is 60.8 Å². The van der Waals surface area contributed by atoms with Gasteiger partial charge in [-0.25, -0.2) is 0 Å². The maximum absolute atomic E-state index is 12.1. The number of carbonyl (C=O) groups is 1. The highest BCUT2D eigenvalue weighted by Crippen LogP contribution is 2.25. The van der Waals surface area contributed by atoms with E-state index in [1.165, 1.54) is 0 Å². The van der Waals surface area contributed by atoms with Crippen LogP contribution in [0.5, 0.6) is 5.75 Å². The van der Waals surface area contributed by atoms with E-state index >= 15 is 0 Å². The van der Waals surface area contributed by atoms with Crippen LogP contribution in [0.4, 0.5) is 5.69 Å². The fourth-order valence-corrected chi connectivity index (χ4v) is 2.82. The number of anilines is 1. The molecule has 3 aromatic rings. The SMILES string of the molecule is CSc1ccccc1NC(=O)COc1cccc2cccnc12. The number of rotatable bonds is 5. The van der Waals surface area contributed by atoms with Crippen LogP contribution < -0.4 is 10.1 Å². The zero-order valence-electron chi connectivity index (χ0n) is 12.7. The Morgan fingerprint density at radius 3 is 2.83 bits per heavy atom. The third kappa shape index (κ3) is 3.63. The van der Waals surface area contributed by atoms with Gasteiger partial charge in [-0.2, -0.15) is 0 Å². The topological polar surface area (TPSA) is 51.2 Å². The lowest BCUT2D eigenvalue weighted by atomic mass is 10.2. The number of benzene rings is 2. The minimum Gasteiger partial charge on any atom is -0.481 e. The molecule has 0 aliphatic carbocycles. The Bertz CT molecular complexity index is 831. The van der Waals surface area contributed by atoms with E-state index in [-0.39, 0.29) is 12.5 Å². The molecule has 0 fully saturated rings. The van der Waals surface area contributed by atoms with E-state index in [2.05, 4.69) is 10.3 Å². The Balaban J connectivity index is 1.69. The number of ether oxygens (including phenoxy) is 1. The van der Waals surface area contributed by atoms with E-state index in [9.17, 15) is 4.79 Å². The van der Waals surface area contributed by atoms with E-state index < -0.39 is 0 Å². The highest BCUT2D eigenvalue weighted by molar-refractivity contribution is 7.98.